The van der Waals surface area contributed by atoms with Gasteiger partial charge in [0.1, 0.15) is 0 Å². The monoisotopic (exact) mass is 310 g/mol. The van der Waals surface area contributed by atoms with E-state index < -0.39 is 10.0 Å². The van der Waals surface area contributed by atoms with Crippen molar-refractivity contribution in [1.29, 1.82) is 0 Å². The van der Waals surface area contributed by atoms with Crippen LogP contribution in [0.25, 0.3) is 0 Å². The summed E-state index contributed by atoms with van der Waals surface area (Å²) in [6, 6.07) is 8.70. The van der Waals surface area contributed by atoms with Crippen molar-refractivity contribution in [3.63, 3.8) is 0 Å². The summed E-state index contributed by atoms with van der Waals surface area (Å²) >= 11 is 0. The molecule has 0 unspecified atom stereocenters. The molecule has 0 bridgehead atoms. The third-order valence-electron chi connectivity index (χ3n) is 3.84. The summed E-state index contributed by atoms with van der Waals surface area (Å²) in [4.78, 5) is 0. The summed E-state index contributed by atoms with van der Waals surface area (Å²) in [6.07, 6.45) is 4.20. The second kappa shape index (κ2) is 7.38. The highest BCUT2D eigenvalue weighted by Gasteiger charge is 2.20. The normalized spacial score (nSPS) is 15.6. The molecule has 0 radical (unpaired) electrons. The van der Waals surface area contributed by atoms with Gasteiger partial charge in [-0.2, -0.15) is 0 Å². The molecule has 1 aromatic carbocycles. The first-order valence-corrected chi connectivity index (χ1v) is 9.31. The van der Waals surface area contributed by atoms with Gasteiger partial charge in [-0.05, 0) is 44.7 Å². The quantitative estimate of drug-likeness (QED) is 0.712. The van der Waals surface area contributed by atoms with Gasteiger partial charge in [0, 0.05) is 19.6 Å². The lowest BCUT2D eigenvalue weighted by Gasteiger charge is -2.17. The van der Waals surface area contributed by atoms with Gasteiger partial charge in [0.05, 0.1) is 5.75 Å². The lowest BCUT2D eigenvalue weighted by Crippen LogP contribution is -2.29. The van der Waals surface area contributed by atoms with Crippen LogP contribution in [0.5, 0.6) is 0 Å². The molecule has 1 saturated carbocycles. The van der Waals surface area contributed by atoms with Gasteiger partial charge in [-0.1, -0.05) is 29.8 Å². The Labute approximate surface area is 128 Å². The van der Waals surface area contributed by atoms with Gasteiger partial charge in [-0.3, -0.25) is 0 Å². The molecule has 0 atom stereocenters. The molecule has 4 nitrogen and oxygen atoms in total. The number of benzene rings is 1. The predicted molar refractivity (Wildman–Crippen MR) is 86.7 cm³/mol. The zero-order chi connectivity index (χ0) is 15.3. The van der Waals surface area contributed by atoms with E-state index in [1.807, 2.05) is 31.2 Å². The van der Waals surface area contributed by atoms with Gasteiger partial charge in [0.15, 0.2) is 0 Å². The summed E-state index contributed by atoms with van der Waals surface area (Å²) in [5.74, 6) is 0.238. The number of nitrogens with zero attached hydrogens (tertiary/aromatic N) is 1. The molecular weight excluding hydrogens is 284 g/mol. The Hall–Kier alpha value is -0.910. The van der Waals surface area contributed by atoms with Crippen LogP contribution in [0.15, 0.2) is 24.3 Å². The van der Waals surface area contributed by atoms with Crippen LogP contribution in [0.4, 0.5) is 0 Å². The lowest BCUT2D eigenvalue weighted by molar-refractivity contribution is 0.464. The number of hydrogen-bond donors (Lipinski definition) is 1. The van der Waals surface area contributed by atoms with Crippen molar-refractivity contribution >= 4 is 10.0 Å². The highest BCUT2D eigenvalue weighted by Crippen LogP contribution is 2.18. The van der Waals surface area contributed by atoms with Crippen molar-refractivity contribution in [2.45, 2.75) is 45.2 Å². The molecule has 2 rings (SSSR count). The first-order chi connectivity index (χ1) is 9.97. The first-order valence-electron chi connectivity index (χ1n) is 7.70. The van der Waals surface area contributed by atoms with Crippen molar-refractivity contribution in [2.24, 2.45) is 0 Å². The minimum absolute atomic E-state index is 0.238. The summed E-state index contributed by atoms with van der Waals surface area (Å²) < 4.78 is 25.9. The molecule has 0 heterocycles. The molecule has 0 amide bonds. The maximum atomic E-state index is 12.2. The Morgan fingerprint density at radius 2 is 1.86 bits per heavy atom. The van der Waals surface area contributed by atoms with Crippen molar-refractivity contribution in [3.8, 4) is 0 Å². The molecule has 5 heteroatoms. The molecule has 1 aliphatic rings. The van der Waals surface area contributed by atoms with Crippen LogP contribution in [0, 0.1) is 6.92 Å². The van der Waals surface area contributed by atoms with Crippen LogP contribution in [-0.4, -0.2) is 38.1 Å². The van der Waals surface area contributed by atoms with Crippen LogP contribution in [-0.2, 0) is 16.6 Å². The third-order valence-corrected chi connectivity index (χ3v) is 5.72. The number of rotatable bonds is 9. The lowest BCUT2D eigenvalue weighted by atomic mass is 10.1. The van der Waals surface area contributed by atoms with Gasteiger partial charge in [0.25, 0.3) is 0 Å². The summed E-state index contributed by atoms with van der Waals surface area (Å²) in [5, 5.41) is 3.41. The molecule has 118 valence electrons. The zero-order valence-electron chi connectivity index (χ0n) is 13.0. The van der Waals surface area contributed by atoms with Gasteiger partial charge in [0.2, 0.25) is 10.0 Å². The largest absolute Gasteiger partial charge is 0.314 e. The van der Waals surface area contributed by atoms with Crippen molar-refractivity contribution < 1.29 is 8.42 Å². The molecule has 0 aromatic heterocycles. The Balaban J connectivity index is 1.73. The highest BCUT2D eigenvalue weighted by atomic mass is 32.2. The van der Waals surface area contributed by atoms with E-state index in [-0.39, 0.29) is 5.75 Å². The summed E-state index contributed by atoms with van der Waals surface area (Å²) in [7, 11) is -1.48. The Kier molecular flexibility index (Phi) is 5.79. The van der Waals surface area contributed by atoms with Gasteiger partial charge < -0.3 is 5.32 Å². The van der Waals surface area contributed by atoms with E-state index in [1.54, 1.807) is 7.05 Å². The predicted octanol–water partition coefficient (Wildman–Crippen LogP) is 2.29. The van der Waals surface area contributed by atoms with Crippen LogP contribution < -0.4 is 5.32 Å². The summed E-state index contributed by atoms with van der Waals surface area (Å²) in [5.41, 5.74) is 2.22. The second-order valence-corrected chi connectivity index (χ2v) is 8.19. The van der Waals surface area contributed by atoms with Gasteiger partial charge >= 0.3 is 0 Å². The molecule has 0 spiro atoms. The van der Waals surface area contributed by atoms with Crippen LogP contribution in [0.1, 0.15) is 36.8 Å². The minimum atomic E-state index is -3.15. The number of aryl methyl sites for hydroxylation is 1. The SMILES string of the molecule is Cc1ccc(CN(C)S(=O)(=O)CCCCNC2CC2)cc1. The van der Waals surface area contributed by atoms with E-state index >= 15 is 0 Å². The molecule has 1 aromatic rings. The van der Waals surface area contributed by atoms with Crippen molar-refractivity contribution in [1.82, 2.24) is 9.62 Å². The maximum Gasteiger partial charge on any atom is 0.214 e. The molecule has 0 saturated heterocycles. The van der Waals surface area contributed by atoms with Crippen molar-refractivity contribution in [2.75, 3.05) is 19.3 Å². The standard InChI is InChI=1S/C16H26N2O2S/c1-14-5-7-15(8-6-14)13-18(2)21(19,20)12-4-3-11-17-16-9-10-16/h5-8,16-17H,3-4,9-13H2,1-2H3. The van der Waals surface area contributed by atoms with E-state index in [4.69, 9.17) is 0 Å². The first kappa shape index (κ1) is 16.5. The van der Waals surface area contributed by atoms with E-state index in [0.717, 1.165) is 24.9 Å². The van der Waals surface area contributed by atoms with E-state index in [1.165, 1.54) is 22.7 Å². The average molecular weight is 310 g/mol. The Morgan fingerprint density at radius 1 is 1.19 bits per heavy atom. The van der Waals surface area contributed by atoms with Gasteiger partial charge in [-0.25, -0.2) is 12.7 Å². The van der Waals surface area contributed by atoms with Gasteiger partial charge in [-0.15, -0.1) is 0 Å². The van der Waals surface area contributed by atoms with Crippen LogP contribution >= 0.6 is 0 Å². The number of sulfonamides is 1. The highest BCUT2D eigenvalue weighted by molar-refractivity contribution is 7.89. The molecule has 1 aliphatic carbocycles. The molecule has 1 fully saturated rings. The zero-order valence-corrected chi connectivity index (χ0v) is 13.8. The third kappa shape index (κ3) is 5.77. The molecule has 1 N–H and O–H groups in total. The number of hydrogen-bond acceptors (Lipinski definition) is 3. The second-order valence-electron chi connectivity index (χ2n) is 5.99. The number of unbranched alkanes of at least 4 members (excludes halogenated alkanes) is 1. The molecular formula is C16H26N2O2S. The van der Waals surface area contributed by atoms with E-state index in [0.29, 0.717) is 12.6 Å². The van der Waals surface area contributed by atoms with Crippen LogP contribution in [0.3, 0.4) is 0 Å². The number of nitrogens with one attached hydrogen (secondary N) is 1. The average Bonchev–Trinajstić information content (AvgIpc) is 3.25. The van der Waals surface area contributed by atoms with Crippen LogP contribution in [0.2, 0.25) is 0 Å². The fourth-order valence-corrected chi connectivity index (χ4v) is 3.43. The Morgan fingerprint density at radius 3 is 2.48 bits per heavy atom. The van der Waals surface area contributed by atoms with E-state index in [2.05, 4.69) is 5.32 Å². The topological polar surface area (TPSA) is 49.4 Å². The fourth-order valence-electron chi connectivity index (χ4n) is 2.21. The van der Waals surface area contributed by atoms with E-state index in [9.17, 15) is 8.42 Å². The molecule has 21 heavy (non-hydrogen) atoms. The molecule has 0 aliphatic heterocycles. The smallest absolute Gasteiger partial charge is 0.214 e. The van der Waals surface area contributed by atoms with Crippen molar-refractivity contribution in [3.05, 3.63) is 35.4 Å². The Bertz CT molecular complexity index is 536. The summed E-state index contributed by atoms with van der Waals surface area (Å²) in [6.45, 7) is 3.41. The minimum Gasteiger partial charge on any atom is -0.314 e. The fraction of sp³-hybridized carbons (Fsp3) is 0.625. The maximum absolute atomic E-state index is 12.2.